The molecule has 0 unspecified atom stereocenters. The molecule has 0 radical (unpaired) electrons. The molecule has 0 heteroatoms. The third-order valence-electron chi connectivity index (χ3n) is 8.55. The molecule has 0 aliphatic carbocycles. The molecule has 0 amide bonds. The summed E-state index contributed by atoms with van der Waals surface area (Å²) in [6, 6.07) is 7.46. The van der Waals surface area contributed by atoms with Crippen LogP contribution in [0.2, 0.25) is 0 Å². The first-order chi connectivity index (χ1) is 12.6. The molecule has 0 nitrogen and oxygen atoms in total. The average Bonchev–Trinajstić information content (AvgIpc) is 2.53. The summed E-state index contributed by atoms with van der Waals surface area (Å²) in [6.07, 6.45) is 0. The van der Waals surface area contributed by atoms with E-state index in [1.807, 2.05) is 13.8 Å². The van der Waals surface area contributed by atoms with E-state index in [0.717, 1.165) is 0 Å². The van der Waals surface area contributed by atoms with Crippen LogP contribution in [0.25, 0.3) is 0 Å². The first-order valence-corrected chi connectivity index (χ1v) is 11.7. The van der Waals surface area contributed by atoms with E-state index < -0.39 is 0 Å². The summed E-state index contributed by atoms with van der Waals surface area (Å²) in [5, 5.41) is 0. The van der Waals surface area contributed by atoms with E-state index in [4.69, 9.17) is 0 Å². The molecule has 1 rings (SSSR count). The van der Waals surface area contributed by atoms with E-state index in [1.54, 1.807) is 0 Å². The lowest BCUT2D eigenvalue weighted by Crippen LogP contribution is -2.46. The number of benzene rings is 1. The third-order valence-corrected chi connectivity index (χ3v) is 8.55. The Morgan fingerprint density at radius 3 is 1.00 bits per heavy atom. The van der Waals surface area contributed by atoms with Crippen molar-refractivity contribution in [2.75, 3.05) is 0 Å². The second-order valence-electron chi connectivity index (χ2n) is 13.4. The standard InChI is InChI=1S/C27H48.C2H6/c1-22(2,3)19-16-20(25(10,11)23(4,5)6)18-21(17-19)26(12,13)27(14,15)24(7,8)9;1-2/h16-18H,1-15H3;1-2H3. The van der Waals surface area contributed by atoms with Crippen molar-refractivity contribution < 1.29 is 0 Å². The van der Waals surface area contributed by atoms with Crippen LogP contribution in [0.5, 0.6) is 0 Å². The van der Waals surface area contributed by atoms with Crippen LogP contribution in [0.1, 0.15) is 134 Å². The zero-order valence-electron chi connectivity index (χ0n) is 23.2. The lowest BCUT2D eigenvalue weighted by Gasteiger charge is -2.52. The van der Waals surface area contributed by atoms with Crippen LogP contribution in [0.3, 0.4) is 0 Å². The van der Waals surface area contributed by atoms with Crippen LogP contribution >= 0.6 is 0 Å². The van der Waals surface area contributed by atoms with Crippen molar-refractivity contribution in [3.8, 4) is 0 Å². The summed E-state index contributed by atoms with van der Waals surface area (Å²) >= 11 is 0. The smallest absolute Gasteiger partial charge is 0.00472 e. The van der Waals surface area contributed by atoms with Crippen LogP contribution in [-0.2, 0) is 16.2 Å². The molecule has 29 heavy (non-hydrogen) atoms. The van der Waals surface area contributed by atoms with E-state index >= 15 is 0 Å². The van der Waals surface area contributed by atoms with Crippen molar-refractivity contribution in [1.82, 2.24) is 0 Å². The van der Waals surface area contributed by atoms with E-state index in [1.165, 1.54) is 16.7 Å². The molecule has 0 aliphatic rings. The molecular weight excluding hydrogens is 348 g/mol. The lowest BCUT2D eigenvalue weighted by atomic mass is 9.53. The molecule has 0 saturated heterocycles. The lowest BCUT2D eigenvalue weighted by molar-refractivity contribution is 0.0453. The second kappa shape index (κ2) is 8.39. The SMILES string of the molecule is CC.CC(C)(C)c1cc(C(C)(C)C(C)(C)C)cc(C(C)(C)C(C)(C)C(C)(C)C)c1. The zero-order chi connectivity index (χ0) is 23.9. The van der Waals surface area contributed by atoms with Crippen molar-refractivity contribution in [1.29, 1.82) is 0 Å². The molecule has 0 spiro atoms. The Morgan fingerprint density at radius 1 is 0.414 bits per heavy atom. The highest BCUT2D eigenvalue weighted by atomic mass is 14.5. The number of hydrogen-bond acceptors (Lipinski definition) is 0. The first kappa shape index (κ1) is 28.2. The summed E-state index contributed by atoms with van der Waals surface area (Å²) in [5.41, 5.74) is 5.27. The van der Waals surface area contributed by atoms with Crippen LogP contribution in [-0.4, -0.2) is 0 Å². The monoisotopic (exact) mass is 402 g/mol. The van der Waals surface area contributed by atoms with Gasteiger partial charge in [0.05, 0.1) is 0 Å². The van der Waals surface area contributed by atoms with Crippen LogP contribution in [0, 0.1) is 16.2 Å². The topological polar surface area (TPSA) is 0 Å². The van der Waals surface area contributed by atoms with Gasteiger partial charge in [0.25, 0.3) is 0 Å². The molecule has 0 aliphatic heterocycles. The van der Waals surface area contributed by atoms with Gasteiger partial charge >= 0.3 is 0 Å². The molecule has 0 heterocycles. The minimum Gasteiger partial charge on any atom is -0.0683 e. The van der Waals surface area contributed by atoms with Crippen molar-refractivity contribution in [3.63, 3.8) is 0 Å². The maximum absolute atomic E-state index is 2.51. The second-order valence-corrected chi connectivity index (χ2v) is 13.4. The van der Waals surface area contributed by atoms with Crippen molar-refractivity contribution in [3.05, 3.63) is 34.9 Å². The van der Waals surface area contributed by atoms with Gasteiger partial charge in [-0.2, -0.15) is 0 Å². The Bertz CT molecular complexity index is 661. The summed E-state index contributed by atoms with van der Waals surface area (Å²) in [7, 11) is 0. The van der Waals surface area contributed by atoms with Gasteiger partial charge in [0.1, 0.15) is 0 Å². The summed E-state index contributed by atoms with van der Waals surface area (Å²) < 4.78 is 0. The molecule has 0 fully saturated rings. The maximum Gasteiger partial charge on any atom is -0.00472 e. The predicted molar refractivity (Wildman–Crippen MR) is 135 cm³/mol. The molecule has 170 valence electrons. The molecule has 0 saturated carbocycles. The Labute approximate surface area is 185 Å². The van der Waals surface area contributed by atoms with E-state index in [2.05, 4.69) is 122 Å². The summed E-state index contributed by atoms with van der Waals surface area (Å²) in [4.78, 5) is 0. The molecule has 1 aromatic rings. The highest BCUT2D eigenvalue weighted by Gasteiger charge is 2.47. The molecule has 0 N–H and O–H groups in total. The van der Waals surface area contributed by atoms with Crippen molar-refractivity contribution in [2.24, 2.45) is 16.2 Å². The predicted octanol–water partition coefficient (Wildman–Crippen LogP) is 9.68. The fourth-order valence-electron chi connectivity index (χ4n) is 3.51. The fourth-order valence-corrected chi connectivity index (χ4v) is 3.51. The van der Waals surface area contributed by atoms with Crippen molar-refractivity contribution in [2.45, 2.75) is 134 Å². The zero-order valence-corrected chi connectivity index (χ0v) is 23.2. The van der Waals surface area contributed by atoms with Crippen molar-refractivity contribution >= 4 is 0 Å². The normalized spacial score (nSPS) is 14.4. The Kier molecular flexibility index (Phi) is 8.17. The Balaban J connectivity index is 0.00000379. The van der Waals surface area contributed by atoms with Crippen LogP contribution < -0.4 is 0 Å². The maximum atomic E-state index is 2.51. The first-order valence-electron chi connectivity index (χ1n) is 11.7. The molecule has 1 aromatic carbocycles. The van der Waals surface area contributed by atoms with Crippen LogP contribution in [0.4, 0.5) is 0 Å². The highest BCUT2D eigenvalue weighted by Crippen LogP contribution is 2.53. The van der Waals surface area contributed by atoms with Gasteiger partial charge in [-0.3, -0.25) is 0 Å². The molecule has 0 atom stereocenters. The Hall–Kier alpha value is -0.780. The average molecular weight is 403 g/mol. The van der Waals surface area contributed by atoms with Gasteiger partial charge in [-0.1, -0.05) is 136 Å². The molecule has 0 aromatic heterocycles. The Morgan fingerprint density at radius 2 is 0.724 bits per heavy atom. The molecular formula is C29H54. The largest absolute Gasteiger partial charge is 0.0683 e. The minimum atomic E-state index is 0.0647. The van der Waals surface area contributed by atoms with Gasteiger partial charge in [-0.05, 0) is 49.2 Å². The minimum absolute atomic E-state index is 0.0647. The fraction of sp³-hybridized carbons (Fsp3) is 0.793. The molecule has 0 bridgehead atoms. The van der Waals surface area contributed by atoms with Gasteiger partial charge in [0.2, 0.25) is 0 Å². The third kappa shape index (κ3) is 5.48. The summed E-state index contributed by atoms with van der Waals surface area (Å²) in [6.45, 7) is 39.8. The van der Waals surface area contributed by atoms with E-state index in [0.29, 0.717) is 0 Å². The quantitative estimate of drug-likeness (QED) is 0.472. The van der Waals surface area contributed by atoms with Gasteiger partial charge in [0, 0.05) is 0 Å². The van der Waals surface area contributed by atoms with Gasteiger partial charge in [-0.25, -0.2) is 0 Å². The van der Waals surface area contributed by atoms with Crippen LogP contribution in [0.15, 0.2) is 18.2 Å². The van der Waals surface area contributed by atoms with E-state index in [-0.39, 0.29) is 32.5 Å². The number of rotatable bonds is 3. The highest BCUT2D eigenvalue weighted by molar-refractivity contribution is 5.42. The van der Waals surface area contributed by atoms with Gasteiger partial charge in [-0.15, -0.1) is 0 Å². The number of hydrogen-bond donors (Lipinski definition) is 0. The summed E-state index contributed by atoms with van der Waals surface area (Å²) in [5.74, 6) is 0. The van der Waals surface area contributed by atoms with Gasteiger partial charge < -0.3 is 0 Å². The van der Waals surface area contributed by atoms with E-state index in [9.17, 15) is 0 Å². The van der Waals surface area contributed by atoms with Gasteiger partial charge in [0.15, 0.2) is 0 Å².